The monoisotopic (exact) mass is 191 g/mol. The molecular formula is C11H17N3. The van der Waals surface area contributed by atoms with Gasteiger partial charge in [-0.2, -0.15) is 0 Å². The molecule has 1 aliphatic heterocycles. The number of hydrogen-bond donors (Lipinski definition) is 0. The van der Waals surface area contributed by atoms with Gasteiger partial charge in [0.2, 0.25) is 0 Å². The molecule has 0 amide bonds. The maximum Gasteiger partial charge on any atom is 0.0553 e. The summed E-state index contributed by atoms with van der Waals surface area (Å²) in [5, 5.41) is 0. The van der Waals surface area contributed by atoms with Crippen molar-refractivity contribution in [1.29, 1.82) is 0 Å². The van der Waals surface area contributed by atoms with Crippen LogP contribution < -0.4 is 4.90 Å². The van der Waals surface area contributed by atoms with E-state index in [0.29, 0.717) is 6.04 Å². The lowest BCUT2D eigenvalue weighted by atomic mass is 10.2. The quantitative estimate of drug-likeness (QED) is 0.700. The average Bonchev–Trinajstić information content (AvgIpc) is 2.68. The van der Waals surface area contributed by atoms with Crippen molar-refractivity contribution in [3.63, 3.8) is 0 Å². The number of nitrogens with zero attached hydrogens (tertiary/aromatic N) is 3. The zero-order chi connectivity index (χ0) is 9.97. The Labute approximate surface area is 85.4 Å². The Morgan fingerprint density at radius 2 is 2.36 bits per heavy atom. The summed E-state index contributed by atoms with van der Waals surface area (Å²) in [6.45, 7) is 2.27. The number of hydrogen-bond acceptors (Lipinski definition) is 3. The van der Waals surface area contributed by atoms with Gasteiger partial charge in [-0.3, -0.25) is 4.98 Å². The molecule has 1 aromatic rings. The summed E-state index contributed by atoms with van der Waals surface area (Å²) in [6, 6.07) is 4.82. The van der Waals surface area contributed by atoms with Crippen LogP contribution in [0.1, 0.15) is 6.42 Å². The summed E-state index contributed by atoms with van der Waals surface area (Å²) in [6.07, 6.45) is 5.02. The Morgan fingerprint density at radius 1 is 1.50 bits per heavy atom. The second kappa shape index (κ2) is 3.96. The van der Waals surface area contributed by atoms with Crippen molar-refractivity contribution in [2.75, 3.05) is 32.1 Å². The molecule has 1 aliphatic rings. The fourth-order valence-corrected chi connectivity index (χ4v) is 1.94. The van der Waals surface area contributed by atoms with Gasteiger partial charge in [0, 0.05) is 25.3 Å². The first kappa shape index (κ1) is 9.46. The normalized spacial score (nSPS) is 21.9. The molecule has 1 unspecified atom stereocenters. The van der Waals surface area contributed by atoms with Crippen molar-refractivity contribution in [2.45, 2.75) is 12.5 Å². The van der Waals surface area contributed by atoms with Gasteiger partial charge in [-0.1, -0.05) is 0 Å². The van der Waals surface area contributed by atoms with E-state index < -0.39 is 0 Å². The third-order valence-corrected chi connectivity index (χ3v) is 2.90. The van der Waals surface area contributed by atoms with E-state index in [4.69, 9.17) is 0 Å². The van der Waals surface area contributed by atoms with Crippen LogP contribution in [0, 0.1) is 0 Å². The molecule has 0 saturated carbocycles. The van der Waals surface area contributed by atoms with Crippen LogP contribution in [0.15, 0.2) is 24.5 Å². The number of aromatic nitrogens is 1. The Bertz CT molecular complexity index is 284. The van der Waals surface area contributed by atoms with Crippen LogP contribution in [0.4, 0.5) is 5.69 Å². The second-order valence-corrected chi connectivity index (χ2v) is 4.06. The van der Waals surface area contributed by atoms with Crippen molar-refractivity contribution in [3.8, 4) is 0 Å². The minimum atomic E-state index is 0.690. The number of anilines is 1. The standard InChI is InChI=1S/C11H17N3/c1-13(2)11-5-7-14(9-11)10-4-3-6-12-8-10/h3-4,6,8,11H,5,7,9H2,1-2H3. The summed E-state index contributed by atoms with van der Waals surface area (Å²) in [7, 11) is 4.30. The number of likely N-dealkylation sites (N-methyl/N-ethyl adjacent to an activating group) is 1. The molecule has 1 aromatic heterocycles. The molecule has 2 heterocycles. The first-order valence-corrected chi connectivity index (χ1v) is 5.09. The molecule has 76 valence electrons. The summed E-state index contributed by atoms with van der Waals surface area (Å²) in [5.74, 6) is 0. The average molecular weight is 191 g/mol. The number of pyridine rings is 1. The molecular weight excluding hydrogens is 174 g/mol. The summed E-state index contributed by atoms with van der Waals surface area (Å²) in [5.41, 5.74) is 1.25. The van der Waals surface area contributed by atoms with Gasteiger partial charge in [-0.05, 0) is 32.6 Å². The van der Waals surface area contributed by atoms with Crippen LogP contribution in [-0.4, -0.2) is 43.1 Å². The molecule has 3 heteroatoms. The molecule has 0 bridgehead atoms. The van der Waals surface area contributed by atoms with Crippen molar-refractivity contribution < 1.29 is 0 Å². The van der Waals surface area contributed by atoms with Crippen molar-refractivity contribution >= 4 is 5.69 Å². The van der Waals surface area contributed by atoms with Crippen LogP contribution in [0.3, 0.4) is 0 Å². The molecule has 0 spiro atoms. The topological polar surface area (TPSA) is 19.4 Å². The molecule has 2 rings (SSSR count). The van der Waals surface area contributed by atoms with Crippen molar-refractivity contribution in [3.05, 3.63) is 24.5 Å². The maximum atomic E-state index is 4.14. The summed E-state index contributed by atoms with van der Waals surface area (Å²) >= 11 is 0. The fraction of sp³-hybridized carbons (Fsp3) is 0.545. The van der Waals surface area contributed by atoms with Gasteiger partial charge in [-0.25, -0.2) is 0 Å². The maximum absolute atomic E-state index is 4.14. The zero-order valence-corrected chi connectivity index (χ0v) is 8.85. The van der Waals surface area contributed by atoms with E-state index in [0.717, 1.165) is 13.1 Å². The Balaban J connectivity index is 2.03. The van der Waals surface area contributed by atoms with Crippen LogP contribution in [0.25, 0.3) is 0 Å². The number of rotatable bonds is 2. The van der Waals surface area contributed by atoms with Gasteiger partial charge in [0.1, 0.15) is 0 Å². The first-order valence-electron chi connectivity index (χ1n) is 5.09. The van der Waals surface area contributed by atoms with Gasteiger partial charge >= 0.3 is 0 Å². The van der Waals surface area contributed by atoms with Gasteiger partial charge in [0.05, 0.1) is 11.9 Å². The van der Waals surface area contributed by atoms with E-state index in [1.165, 1.54) is 12.1 Å². The molecule has 0 aromatic carbocycles. The molecule has 1 atom stereocenters. The predicted molar refractivity (Wildman–Crippen MR) is 58.5 cm³/mol. The lowest BCUT2D eigenvalue weighted by Crippen LogP contribution is -2.31. The minimum absolute atomic E-state index is 0.690. The van der Waals surface area contributed by atoms with E-state index >= 15 is 0 Å². The predicted octanol–water partition coefficient (Wildman–Crippen LogP) is 1.22. The molecule has 3 nitrogen and oxygen atoms in total. The second-order valence-electron chi connectivity index (χ2n) is 4.06. The molecule has 0 N–H and O–H groups in total. The Kier molecular flexibility index (Phi) is 2.68. The highest BCUT2D eigenvalue weighted by atomic mass is 15.2. The largest absolute Gasteiger partial charge is 0.369 e. The summed E-state index contributed by atoms with van der Waals surface area (Å²) in [4.78, 5) is 8.85. The van der Waals surface area contributed by atoms with E-state index in [-0.39, 0.29) is 0 Å². The van der Waals surface area contributed by atoms with E-state index in [9.17, 15) is 0 Å². The van der Waals surface area contributed by atoms with Crippen LogP contribution in [0.5, 0.6) is 0 Å². The van der Waals surface area contributed by atoms with Gasteiger partial charge in [-0.15, -0.1) is 0 Å². The lowest BCUT2D eigenvalue weighted by molar-refractivity contribution is 0.315. The Hall–Kier alpha value is -1.09. The van der Waals surface area contributed by atoms with Gasteiger partial charge in [0.15, 0.2) is 0 Å². The minimum Gasteiger partial charge on any atom is -0.369 e. The highest BCUT2D eigenvalue weighted by Gasteiger charge is 2.23. The molecule has 1 fully saturated rings. The lowest BCUT2D eigenvalue weighted by Gasteiger charge is -2.21. The Morgan fingerprint density at radius 3 is 2.93 bits per heavy atom. The molecule has 0 radical (unpaired) electrons. The summed E-state index contributed by atoms with van der Waals surface area (Å²) < 4.78 is 0. The van der Waals surface area contributed by atoms with Crippen molar-refractivity contribution in [1.82, 2.24) is 9.88 Å². The third kappa shape index (κ3) is 1.87. The first-order chi connectivity index (χ1) is 6.77. The van der Waals surface area contributed by atoms with E-state index in [2.05, 4.69) is 34.9 Å². The zero-order valence-electron chi connectivity index (χ0n) is 8.85. The van der Waals surface area contributed by atoms with Gasteiger partial charge in [0.25, 0.3) is 0 Å². The van der Waals surface area contributed by atoms with Crippen molar-refractivity contribution in [2.24, 2.45) is 0 Å². The third-order valence-electron chi connectivity index (χ3n) is 2.90. The smallest absolute Gasteiger partial charge is 0.0553 e. The highest BCUT2D eigenvalue weighted by molar-refractivity contribution is 5.44. The van der Waals surface area contributed by atoms with Crippen LogP contribution >= 0.6 is 0 Å². The SMILES string of the molecule is CN(C)C1CCN(c2cccnc2)C1. The van der Waals surface area contributed by atoms with Crippen LogP contribution in [0.2, 0.25) is 0 Å². The fourth-order valence-electron chi connectivity index (χ4n) is 1.94. The highest BCUT2D eigenvalue weighted by Crippen LogP contribution is 2.20. The van der Waals surface area contributed by atoms with Crippen LogP contribution in [-0.2, 0) is 0 Å². The molecule has 0 aliphatic carbocycles. The van der Waals surface area contributed by atoms with E-state index in [1.807, 2.05) is 18.5 Å². The molecule has 1 saturated heterocycles. The van der Waals surface area contributed by atoms with Gasteiger partial charge < -0.3 is 9.80 Å². The molecule has 14 heavy (non-hydrogen) atoms. The van der Waals surface area contributed by atoms with E-state index in [1.54, 1.807) is 0 Å².